The van der Waals surface area contributed by atoms with Crippen LogP contribution in [0.1, 0.15) is 21.5 Å². The van der Waals surface area contributed by atoms with Crippen LogP contribution in [0.5, 0.6) is 0 Å². The molecular formula is C27H20N4O. The summed E-state index contributed by atoms with van der Waals surface area (Å²) >= 11 is 0. The summed E-state index contributed by atoms with van der Waals surface area (Å²) in [5.74, 6) is -0.198. The van der Waals surface area contributed by atoms with E-state index in [1.165, 1.54) is 21.9 Å². The Balaban J connectivity index is 1.47. The number of fused-ring (bicyclic) bond motifs is 4. The van der Waals surface area contributed by atoms with E-state index in [-0.39, 0.29) is 5.91 Å². The number of nitrogens with one attached hydrogen (secondary N) is 1. The van der Waals surface area contributed by atoms with Gasteiger partial charge in [-0.05, 0) is 85.0 Å². The average Bonchev–Trinajstić information content (AvgIpc) is 3.06. The van der Waals surface area contributed by atoms with Crippen molar-refractivity contribution in [3.05, 3.63) is 83.4 Å². The highest BCUT2D eigenvalue weighted by Crippen LogP contribution is 2.46. The van der Waals surface area contributed by atoms with Crippen molar-refractivity contribution in [1.82, 2.24) is 9.97 Å². The Morgan fingerprint density at radius 1 is 0.781 bits per heavy atom. The minimum atomic E-state index is -0.198. The van der Waals surface area contributed by atoms with Gasteiger partial charge in [-0.3, -0.25) is 4.79 Å². The number of nitrogen functional groups attached to an aromatic ring is 1. The van der Waals surface area contributed by atoms with E-state index in [4.69, 9.17) is 15.7 Å². The predicted molar refractivity (Wildman–Crippen MR) is 130 cm³/mol. The molecule has 0 saturated carbocycles. The number of amides is 1. The first-order valence-electron chi connectivity index (χ1n) is 10.5. The van der Waals surface area contributed by atoms with E-state index in [2.05, 4.69) is 43.4 Å². The molecule has 0 unspecified atom stereocenters. The van der Waals surface area contributed by atoms with Gasteiger partial charge < -0.3 is 11.1 Å². The second-order valence-electron chi connectivity index (χ2n) is 8.42. The van der Waals surface area contributed by atoms with Crippen LogP contribution in [0.2, 0.25) is 0 Å². The van der Waals surface area contributed by atoms with Gasteiger partial charge in [0.15, 0.2) is 0 Å². The lowest BCUT2D eigenvalue weighted by Gasteiger charge is -2.08. The number of rotatable bonds is 2. The van der Waals surface area contributed by atoms with Gasteiger partial charge in [0.1, 0.15) is 0 Å². The van der Waals surface area contributed by atoms with Crippen LogP contribution in [-0.2, 0) is 0 Å². The number of carbonyl (C=O) groups is 1. The predicted octanol–water partition coefficient (Wildman–Crippen LogP) is 5.88. The highest BCUT2D eigenvalue weighted by Gasteiger charge is 2.25. The molecular weight excluding hydrogens is 396 g/mol. The van der Waals surface area contributed by atoms with Gasteiger partial charge in [-0.1, -0.05) is 12.1 Å². The van der Waals surface area contributed by atoms with Gasteiger partial charge >= 0.3 is 0 Å². The Bertz CT molecular complexity index is 1580. The number of nitrogens with zero attached hydrogens (tertiary/aromatic N) is 2. The van der Waals surface area contributed by atoms with Crippen LogP contribution in [0.3, 0.4) is 0 Å². The fourth-order valence-corrected chi connectivity index (χ4v) is 4.53. The highest BCUT2D eigenvalue weighted by atomic mass is 16.1. The molecule has 32 heavy (non-hydrogen) atoms. The number of aryl methyl sites for hydroxylation is 2. The zero-order chi connectivity index (χ0) is 22.0. The van der Waals surface area contributed by atoms with Crippen LogP contribution in [0.25, 0.3) is 44.3 Å². The van der Waals surface area contributed by atoms with Gasteiger partial charge in [-0.15, -0.1) is 0 Å². The first kappa shape index (κ1) is 18.5. The van der Waals surface area contributed by atoms with Gasteiger partial charge in [0.2, 0.25) is 0 Å². The number of aromatic nitrogens is 2. The van der Waals surface area contributed by atoms with E-state index in [9.17, 15) is 4.79 Å². The average molecular weight is 416 g/mol. The Morgan fingerprint density at radius 3 is 2.06 bits per heavy atom. The van der Waals surface area contributed by atoms with Crippen LogP contribution in [0.15, 0.2) is 66.7 Å². The van der Waals surface area contributed by atoms with Gasteiger partial charge in [0.05, 0.1) is 22.4 Å². The van der Waals surface area contributed by atoms with Gasteiger partial charge in [-0.2, -0.15) is 0 Å². The summed E-state index contributed by atoms with van der Waals surface area (Å²) in [5.41, 5.74) is 15.5. The first-order valence-corrected chi connectivity index (χ1v) is 10.5. The zero-order valence-corrected chi connectivity index (χ0v) is 17.7. The van der Waals surface area contributed by atoms with Crippen molar-refractivity contribution in [3.8, 4) is 22.5 Å². The lowest BCUT2D eigenvalue weighted by atomic mass is 9.99. The number of carbonyl (C=O) groups excluding carboxylic acids is 1. The molecule has 1 aromatic heterocycles. The third-order valence-electron chi connectivity index (χ3n) is 5.94. The second kappa shape index (κ2) is 6.62. The molecule has 0 radical (unpaired) electrons. The van der Waals surface area contributed by atoms with E-state index in [1.54, 1.807) is 36.4 Å². The Morgan fingerprint density at radius 2 is 1.41 bits per heavy atom. The van der Waals surface area contributed by atoms with Crippen molar-refractivity contribution >= 4 is 39.1 Å². The maximum atomic E-state index is 12.8. The summed E-state index contributed by atoms with van der Waals surface area (Å²) in [6.07, 6.45) is 0. The number of nitrogens with two attached hydrogens (primary N) is 1. The normalized spacial score (nSPS) is 11.7. The van der Waals surface area contributed by atoms with E-state index < -0.39 is 0 Å². The minimum Gasteiger partial charge on any atom is -0.399 e. The van der Waals surface area contributed by atoms with E-state index in [0.29, 0.717) is 22.5 Å². The SMILES string of the molecule is Cc1cc2c3c(cc(C)cc3c1)-c1nc3cc(C(=O)Nc4ccc(N)cc4)ccc3nc1-2. The van der Waals surface area contributed by atoms with Crippen molar-refractivity contribution in [2.45, 2.75) is 13.8 Å². The fraction of sp³-hybridized carbons (Fsp3) is 0.0741. The third-order valence-corrected chi connectivity index (χ3v) is 5.94. The second-order valence-corrected chi connectivity index (χ2v) is 8.42. The molecule has 5 nitrogen and oxygen atoms in total. The summed E-state index contributed by atoms with van der Waals surface area (Å²) in [5, 5.41) is 5.32. The molecule has 3 N–H and O–H groups in total. The van der Waals surface area contributed by atoms with Crippen LogP contribution in [-0.4, -0.2) is 15.9 Å². The maximum absolute atomic E-state index is 12.8. The molecule has 1 heterocycles. The monoisotopic (exact) mass is 416 g/mol. The molecule has 0 spiro atoms. The van der Waals surface area contributed by atoms with Gasteiger partial charge in [0.25, 0.3) is 5.91 Å². The van der Waals surface area contributed by atoms with Gasteiger partial charge in [-0.25, -0.2) is 9.97 Å². The smallest absolute Gasteiger partial charge is 0.255 e. The summed E-state index contributed by atoms with van der Waals surface area (Å²) in [6.45, 7) is 4.21. The molecule has 0 aliphatic heterocycles. The Kier molecular flexibility index (Phi) is 3.83. The Labute approximate surface area is 184 Å². The van der Waals surface area contributed by atoms with Crippen LogP contribution in [0.4, 0.5) is 11.4 Å². The molecule has 1 aliphatic rings. The van der Waals surface area contributed by atoms with Crippen molar-refractivity contribution in [2.75, 3.05) is 11.1 Å². The maximum Gasteiger partial charge on any atom is 0.255 e. The van der Waals surface area contributed by atoms with E-state index in [1.807, 2.05) is 6.07 Å². The summed E-state index contributed by atoms with van der Waals surface area (Å²) in [6, 6.07) is 21.3. The molecule has 0 fully saturated rings. The molecule has 6 rings (SSSR count). The van der Waals surface area contributed by atoms with Crippen molar-refractivity contribution in [3.63, 3.8) is 0 Å². The molecule has 0 bridgehead atoms. The fourth-order valence-electron chi connectivity index (χ4n) is 4.53. The number of anilines is 2. The first-order chi connectivity index (χ1) is 15.5. The number of benzene rings is 4. The summed E-state index contributed by atoms with van der Waals surface area (Å²) < 4.78 is 0. The molecule has 5 heteroatoms. The van der Waals surface area contributed by atoms with Gasteiger partial charge in [0, 0.05) is 33.5 Å². The summed E-state index contributed by atoms with van der Waals surface area (Å²) in [7, 11) is 0. The lowest BCUT2D eigenvalue weighted by Crippen LogP contribution is -2.12. The number of hydrogen-bond donors (Lipinski definition) is 2. The van der Waals surface area contributed by atoms with Crippen molar-refractivity contribution in [1.29, 1.82) is 0 Å². The molecule has 4 aromatic carbocycles. The number of hydrogen-bond acceptors (Lipinski definition) is 4. The van der Waals surface area contributed by atoms with Crippen LogP contribution >= 0.6 is 0 Å². The quantitative estimate of drug-likeness (QED) is 0.345. The minimum absolute atomic E-state index is 0.198. The molecule has 1 aliphatic carbocycles. The van der Waals surface area contributed by atoms with Crippen molar-refractivity contribution in [2.24, 2.45) is 0 Å². The summed E-state index contributed by atoms with van der Waals surface area (Å²) in [4.78, 5) is 22.7. The van der Waals surface area contributed by atoms with E-state index >= 15 is 0 Å². The van der Waals surface area contributed by atoms with E-state index in [0.717, 1.165) is 28.0 Å². The standard InChI is InChI=1S/C27H20N4O/c1-14-9-17-10-15(2)12-21-24(17)20(11-14)25-26(21)31-23-13-16(3-8-22(23)30-25)27(32)29-19-6-4-18(28)5-7-19/h3-13H,28H2,1-2H3,(H,29,32). The molecule has 154 valence electrons. The van der Waals surface area contributed by atoms with Crippen molar-refractivity contribution < 1.29 is 4.79 Å². The molecule has 0 saturated heterocycles. The topological polar surface area (TPSA) is 80.9 Å². The molecule has 5 aromatic rings. The molecule has 0 atom stereocenters. The molecule has 1 amide bonds. The zero-order valence-electron chi connectivity index (χ0n) is 17.7. The third kappa shape index (κ3) is 2.82. The largest absolute Gasteiger partial charge is 0.399 e. The Hall–Kier alpha value is -4.25. The highest BCUT2D eigenvalue weighted by molar-refractivity contribution is 6.15. The van der Waals surface area contributed by atoms with Crippen LogP contribution in [0, 0.1) is 13.8 Å². The van der Waals surface area contributed by atoms with Crippen LogP contribution < -0.4 is 11.1 Å². The lowest BCUT2D eigenvalue weighted by molar-refractivity contribution is 0.102.